The first kappa shape index (κ1) is 19.7. The van der Waals surface area contributed by atoms with E-state index in [1.54, 1.807) is 0 Å². The highest BCUT2D eigenvalue weighted by molar-refractivity contribution is 5.71. The van der Waals surface area contributed by atoms with Gasteiger partial charge >= 0.3 is 5.97 Å². The number of rotatable bonds is 3. The third kappa shape index (κ3) is 3.07. The van der Waals surface area contributed by atoms with Crippen molar-refractivity contribution in [3.63, 3.8) is 0 Å². The maximum Gasteiger partial charge on any atom is 0.308 e. The van der Waals surface area contributed by atoms with Crippen LogP contribution in [0, 0.1) is 40.4 Å². The molecule has 0 aromatic heterocycles. The molecular formula is C24H40O3. The first-order valence-electron chi connectivity index (χ1n) is 11.5. The van der Waals surface area contributed by atoms with Gasteiger partial charge in [-0.25, -0.2) is 0 Å². The highest BCUT2D eigenvalue weighted by atomic mass is 16.5. The molecule has 0 bridgehead atoms. The number of esters is 1. The molecule has 0 saturated heterocycles. The Hall–Kier alpha value is -0.570. The summed E-state index contributed by atoms with van der Waals surface area (Å²) in [5, 5.41) is 0. The van der Waals surface area contributed by atoms with E-state index >= 15 is 0 Å². The molecule has 4 fully saturated rings. The minimum Gasteiger partial charge on any atom is -0.462 e. The van der Waals surface area contributed by atoms with Crippen LogP contribution in [0.15, 0.2) is 0 Å². The summed E-state index contributed by atoms with van der Waals surface area (Å²) in [6.07, 6.45) is 12.1. The number of carbonyl (C=O) groups excluding carboxylic acids is 1. The Bertz CT molecular complexity index is 572. The summed E-state index contributed by atoms with van der Waals surface area (Å²) in [6, 6.07) is 0. The van der Waals surface area contributed by atoms with Crippen molar-refractivity contribution in [1.29, 1.82) is 0 Å². The van der Waals surface area contributed by atoms with Gasteiger partial charge in [0.25, 0.3) is 0 Å². The van der Waals surface area contributed by atoms with Gasteiger partial charge in [0.15, 0.2) is 0 Å². The van der Waals surface area contributed by atoms with Crippen LogP contribution < -0.4 is 0 Å². The van der Waals surface area contributed by atoms with Gasteiger partial charge in [0.05, 0.1) is 12.0 Å². The van der Waals surface area contributed by atoms with Crippen molar-refractivity contribution in [3.8, 4) is 0 Å². The number of ether oxygens (including phenoxy) is 2. The lowest BCUT2D eigenvalue weighted by Gasteiger charge is -2.60. The van der Waals surface area contributed by atoms with Crippen molar-refractivity contribution < 1.29 is 14.3 Å². The van der Waals surface area contributed by atoms with E-state index in [0.717, 1.165) is 36.5 Å². The molecule has 0 aromatic carbocycles. The minimum atomic E-state index is -0.0128. The van der Waals surface area contributed by atoms with Crippen LogP contribution in [0.5, 0.6) is 0 Å². The predicted octanol–water partition coefficient (Wildman–Crippen LogP) is 5.61. The summed E-state index contributed by atoms with van der Waals surface area (Å²) in [7, 11) is 1.92. The molecule has 0 spiro atoms. The Kier molecular flexibility index (Phi) is 5.15. The third-order valence-corrected chi connectivity index (χ3v) is 9.57. The van der Waals surface area contributed by atoms with E-state index in [9.17, 15) is 4.79 Å². The average molecular weight is 377 g/mol. The van der Waals surface area contributed by atoms with Crippen LogP contribution in [0.25, 0.3) is 0 Å². The van der Waals surface area contributed by atoms with Crippen LogP contribution in [0.2, 0.25) is 0 Å². The van der Waals surface area contributed by atoms with Gasteiger partial charge in [-0.1, -0.05) is 27.7 Å². The molecule has 8 atom stereocenters. The molecule has 0 unspecified atom stereocenters. The fraction of sp³-hybridized carbons (Fsp3) is 0.958. The van der Waals surface area contributed by atoms with Gasteiger partial charge in [-0.2, -0.15) is 0 Å². The quantitative estimate of drug-likeness (QED) is 0.600. The van der Waals surface area contributed by atoms with Crippen LogP contribution in [-0.2, 0) is 14.3 Å². The van der Waals surface area contributed by atoms with Gasteiger partial charge in [0, 0.05) is 7.11 Å². The number of hydrogen-bond acceptors (Lipinski definition) is 3. The lowest BCUT2D eigenvalue weighted by atomic mass is 9.45. The molecule has 0 radical (unpaired) electrons. The second kappa shape index (κ2) is 7.04. The largest absolute Gasteiger partial charge is 0.462 e. The van der Waals surface area contributed by atoms with E-state index in [4.69, 9.17) is 9.47 Å². The van der Waals surface area contributed by atoms with E-state index < -0.39 is 0 Å². The summed E-state index contributed by atoms with van der Waals surface area (Å²) in [5.41, 5.74) is 0.860. The van der Waals surface area contributed by atoms with E-state index in [-0.39, 0.29) is 18.0 Å². The second-order valence-electron chi connectivity index (χ2n) is 11.0. The van der Waals surface area contributed by atoms with Crippen molar-refractivity contribution in [1.82, 2.24) is 0 Å². The van der Waals surface area contributed by atoms with Crippen molar-refractivity contribution >= 4 is 5.97 Å². The average Bonchev–Trinajstić information content (AvgIpc) is 2.98. The van der Waals surface area contributed by atoms with E-state index in [0.29, 0.717) is 16.9 Å². The zero-order chi connectivity index (χ0) is 19.4. The Morgan fingerprint density at radius 1 is 0.926 bits per heavy atom. The number of methoxy groups -OCH3 is 1. The van der Waals surface area contributed by atoms with Gasteiger partial charge in [0.2, 0.25) is 0 Å². The molecule has 3 nitrogen and oxygen atoms in total. The molecule has 4 aliphatic rings. The van der Waals surface area contributed by atoms with Gasteiger partial charge in [-0.15, -0.1) is 0 Å². The maximum absolute atomic E-state index is 12.1. The van der Waals surface area contributed by atoms with Crippen LogP contribution in [0.1, 0.15) is 85.5 Å². The highest BCUT2D eigenvalue weighted by Crippen LogP contribution is 2.66. The normalized spacial score (nSPS) is 49.3. The van der Waals surface area contributed by atoms with E-state index in [1.807, 2.05) is 21.0 Å². The van der Waals surface area contributed by atoms with E-state index in [1.165, 1.54) is 44.9 Å². The standard InChI is InChI=1S/C24H40O3/c1-15(2)22(25)27-17-10-12-23(3)16(14-17)6-7-18-19-8-9-21(26-5)24(19,4)13-11-20(18)23/h15-21H,6-14H2,1-5H3/t16-,17-,18+,19+,20+,21+,23+,24+/m1/s1. The van der Waals surface area contributed by atoms with Crippen molar-refractivity contribution in [2.24, 2.45) is 40.4 Å². The first-order chi connectivity index (χ1) is 12.8. The summed E-state index contributed by atoms with van der Waals surface area (Å²) < 4.78 is 11.8. The molecule has 4 rings (SSSR count). The Labute approximate surface area is 165 Å². The van der Waals surface area contributed by atoms with Crippen LogP contribution in [0.4, 0.5) is 0 Å². The fourth-order valence-electron chi connectivity index (χ4n) is 7.97. The molecule has 0 aromatic rings. The molecule has 27 heavy (non-hydrogen) atoms. The van der Waals surface area contributed by atoms with Crippen LogP contribution in [-0.4, -0.2) is 25.3 Å². The Morgan fingerprint density at radius 2 is 1.63 bits per heavy atom. The number of fused-ring (bicyclic) bond motifs is 5. The Morgan fingerprint density at radius 3 is 2.33 bits per heavy atom. The molecule has 4 saturated carbocycles. The lowest BCUT2D eigenvalue weighted by Crippen LogP contribution is -2.54. The molecular weight excluding hydrogens is 336 g/mol. The minimum absolute atomic E-state index is 0.0118. The lowest BCUT2D eigenvalue weighted by molar-refractivity contribution is -0.166. The topological polar surface area (TPSA) is 35.5 Å². The maximum atomic E-state index is 12.1. The molecule has 154 valence electrons. The van der Waals surface area contributed by atoms with Gasteiger partial charge < -0.3 is 9.47 Å². The summed E-state index contributed by atoms with van der Waals surface area (Å²) in [6.45, 7) is 8.98. The van der Waals surface area contributed by atoms with Crippen molar-refractivity contribution in [2.75, 3.05) is 7.11 Å². The van der Waals surface area contributed by atoms with Gasteiger partial charge in [-0.3, -0.25) is 4.79 Å². The number of hydrogen-bond donors (Lipinski definition) is 0. The van der Waals surface area contributed by atoms with Crippen LogP contribution in [0.3, 0.4) is 0 Å². The second-order valence-corrected chi connectivity index (χ2v) is 11.0. The number of carbonyl (C=O) groups is 1. The first-order valence-corrected chi connectivity index (χ1v) is 11.5. The molecule has 3 heteroatoms. The molecule has 0 aliphatic heterocycles. The Balaban J connectivity index is 1.48. The highest BCUT2D eigenvalue weighted by Gasteiger charge is 2.60. The molecule has 0 N–H and O–H groups in total. The van der Waals surface area contributed by atoms with Gasteiger partial charge in [0.1, 0.15) is 6.10 Å². The zero-order valence-corrected chi connectivity index (χ0v) is 18.1. The molecule has 0 amide bonds. The van der Waals surface area contributed by atoms with Crippen molar-refractivity contribution in [3.05, 3.63) is 0 Å². The predicted molar refractivity (Wildman–Crippen MR) is 107 cm³/mol. The van der Waals surface area contributed by atoms with Crippen LogP contribution >= 0.6 is 0 Å². The smallest absolute Gasteiger partial charge is 0.308 e. The zero-order valence-electron chi connectivity index (χ0n) is 18.1. The van der Waals surface area contributed by atoms with Crippen molar-refractivity contribution in [2.45, 2.75) is 97.7 Å². The molecule has 0 heterocycles. The monoisotopic (exact) mass is 376 g/mol. The summed E-state index contributed by atoms with van der Waals surface area (Å²) >= 11 is 0. The summed E-state index contributed by atoms with van der Waals surface area (Å²) in [4.78, 5) is 12.1. The molecule has 4 aliphatic carbocycles. The SMILES string of the molecule is CO[C@H]1CC[C@H]2[C@@H]3CC[C@@H]4C[C@H](OC(=O)C(C)C)CC[C@]4(C)[C@H]3CC[C@]12C. The summed E-state index contributed by atoms with van der Waals surface area (Å²) in [5.74, 6) is 3.33. The van der Waals surface area contributed by atoms with Gasteiger partial charge in [-0.05, 0) is 92.3 Å². The third-order valence-electron chi connectivity index (χ3n) is 9.57. The van der Waals surface area contributed by atoms with E-state index in [2.05, 4.69) is 13.8 Å². The fourth-order valence-corrected chi connectivity index (χ4v) is 7.97.